The highest BCUT2D eigenvalue weighted by Gasteiger charge is 2.04. The Balaban J connectivity index is 1.44. The number of rotatable bonds is 8. The minimum Gasteiger partial charge on any atom is -0.489 e. The van der Waals surface area contributed by atoms with E-state index in [0.29, 0.717) is 35.8 Å². The summed E-state index contributed by atoms with van der Waals surface area (Å²) in [6.07, 6.45) is 0.645. The molecule has 0 aromatic heterocycles. The summed E-state index contributed by atoms with van der Waals surface area (Å²) < 4.78 is 32.3. The first-order chi connectivity index (χ1) is 13.1. The van der Waals surface area contributed by atoms with Gasteiger partial charge in [0.25, 0.3) is 0 Å². The molecule has 3 rings (SSSR count). The van der Waals surface area contributed by atoms with Crippen LogP contribution >= 0.6 is 11.6 Å². The number of hydrogen-bond acceptors (Lipinski definition) is 2. The van der Waals surface area contributed by atoms with Gasteiger partial charge in [0.1, 0.15) is 24.0 Å². The van der Waals surface area contributed by atoms with Crippen molar-refractivity contribution in [3.8, 4) is 5.75 Å². The van der Waals surface area contributed by atoms with Crippen LogP contribution in [-0.4, -0.2) is 6.54 Å². The fraction of sp³-hybridized carbons (Fsp3) is 0.182. The lowest BCUT2D eigenvalue weighted by atomic mass is 10.1. The summed E-state index contributed by atoms with van der Waals surface area (Å²) in [6.45, 7) is 1.67. The summed E-state index contributed by atoms with van der Waals surface area (Å²) >= 11 is 5.99. The van der Waals surface area contributed by atoms with Crippen molar-refractivity contribution in [1.29, 1.82) is 0 Å². The fourth-order valence-corrected chi connectivity index (χ4v) is 2.88. The summed E-state index contributed by atoms with van der Waals surface area (Å²) in [5.74, 6) is 0.183. The molecule has 3 aromatic carbocycles. The van der Waals surface area contributed by atoms with E-state index in [1.807, 2.05) is 30.3 Å². The molecule has 0 unspecified atom stereocenters. The van der Waals surface area contributed by atoms with Gasteiger partial charge in [-0.1, -0.05) is 48.0 Å². The second kappa shape index (κ2) is 9.49. The van der Waals surface area contributed by atoms with E-state index in [9.17, 15) is 8.78 Å². The maximum Gasteiger partial charge on any atom is 0.126 e. The van der Waals surface area contributed by atoms with Gasteiger partial charge in [0.2, 0.25) is 0 Å². The first-order valence-corrected chi connectivity index (χ1v) is 9.09. The van der Waals surface area contributed by atoms with Crippen molar-refractivity contribution >= 4 is 11.6 Å². The van der Waals surface area contributed by atoms with E-state index in [1.165, 1.54) is 18.2 Å². The zero-order chi connectivity index (χ0) is 19.1. The molecule has 0 spiro atoms. The quantitative estimate of drug-likeness (QED) is 0.513. The monoisotopic (exact) mass is 387 g/mol. The molecule has 0 saturated carbocycles. The van der Waals surface area contributed by atoms with Crippen molar-refractivity contribution in [1.82, 2.24) is 5.32 Å². The lowest BCUT2D eigenvalue weighted by Gasteiger charge is -2.09. The molecule has 0 atom stereocenters. The predicted octanol–water partition coefficient (Wildman–Crippen LogP) is 5.53. The Morgan fingerprint density at radius 1 is 0.889 bits per heavy atom. The highest BCUT2D eigenvalue weighted by atomic mass is 35.5. The Labute approximate surface area is 162 Å². The van der Waals surface area contributed by atoms with Crippen LogP contribution in [0.25, 0.3) is 0 Å². The van der Waals surface area contributed by atoms with E-state index in [-0.39, 0.29) is 18.2 Å². The first kappa shape index (κ1) is 19.3. The maximum absolute atomic E-state index is 13.6. The van der Waals surface area contributed by atoms with E-state index in [1.54, 1.807) is 18.2 Å². The van der Waals surface area contributed by atoms with E-state index in [0.717, 1.165) is 11.1 Å². The minimum atomic E-state index is -0.365. The standard InChI is InChI=1S/C22H20ClF2NO/c23-21-13-19(24)8-7-18(21)15-27-20-9-5-16(6-10-20)14-26-12-11-17-3-1-2-4-22(17)25/h1-10,13,26H,11-12,14-15H2. The van der Waals surface area contributed by atoms with Gasteiger partial charge in [0.05, 0.1) is 5.02 Å². The summed E-state index contributed by atoms with van der Waals surface area (Å²) in [5.41, 5.74) is 2.56. The third kappa shape index (κ3) is 5.78. The maximum atomic E-state index is 13.6. The lowest BCUT2D eigenvalue weighted by Crippen LogP contribution is -2.17. The Morgan fingerprint density at radius 3 is 2.41 bits per heavy atom. The van der Waals surface area contributed by atoms with E-state index >= 15 is 0 Å². The third-order valence-corrected chi connectivity index (χ3v) is 4.54. The molecular formula is C22H20ClF2NO. The van der Waals surface area contributed by atoms with Crippen LogP contribution in [0.15, 0.2) is 66.7 Å². The molecule has 0 bridgehead atoms. The van der Waals surface area contributed by atoms with E-state index < -0.39 is 0 Å². The Bertz CT molecular complexity index is 884. The smallest absolute Gasteiger partial charge is 0.126 e. The minimum absolute atomic E-state index is 0.165. The van der Waals surface area contributed by atoms with Crippen molar-refractivity contribution in [2.75, 3.05) is 6.54 Å². The van der Waals surface area contributed by atoms with Gasteiger partial charge in [-0.15, -0.1) is 0 Å². The van der Waals surface area contributed by atoms with Crippen LogP contribution in [0.5, 0.6) is 5.75 Å². The van der Waals surface area contributed by atoms with Crippen molar-refractivity contribution in [3.05, 3.63) is 100 Å². The molecule has 0 saturated heterocycles. The topological polar surface area (TPSA) is 21.3 Å². The number of hydrogen-bond donors (Lipinski definition) is 1. The zero-order valence-corrected chi connectivity index (χ0v) is 15.5. The molecule has 0 heterocycles. The summed E-state index contributed by atoms with van der Waals surface area (Å²) in [5, 5.41) is 3.66. The van der Waals surface area contributed by atoms with Gasteiger partial charge in [-0.2, -0.15) is 0 Å². The number of benzene rings is 3. The predicted molar refractivity (Wildman–Crippen MR) is 104 cm³/mol. The van der Waals surface area contributed by atoms with Gasteiger partial charge in [-0.05, 0) is 54.4 Å². The van der Waals surface area contributed by atoms with Crippen LogP contribution in [-0.2, 0) is 19.6 Å². The Morgan fingerprint density at radius 2 is 1.67 bits per heavy atom. The molecule has 0 aliphatic heterocycles. The molecule has 3 aromatic rings. The van der Waals surface area contributed by atoms with Crippen molar-refractivity contribution in [2.24, 2.45) is 0 Å². The SMILES string of the molecule is Fc1ccc(COc2ccc(CNCCc3ccccc3F)cc2)c(Cl)c1. The summed E-state index contributed by atoms with van der Waals surface area (Å²) in [4.78, 5) is 0. The van der Waals surface area contributed by atoms with Crippen LogP contribution in [0.3, 0.4) is 0 Å². The van der Waals surface area contributed by atoms with Gasteiger partial charge >= 0.3 is 0 Å². The van der Waals surface area contributed by atoms with Crippen molar-refractivity contribution in [3.63, 3.8) is 0 Å². The molecule has 1 N–H and O–H groups in total. The Hall–Kier alpha value is -2.43. The number of ether oxygens (including phenoxy) is 1. The number of halogens is 3. The average molecular weight is 388 g/mol. The van der Waals surface area contributed by atoms with Crippen LogP contribution < -0.4 is 10.1 Å². The number of nitrogens with one attached hydrogen (secondary N) is 1. The van der Waals surface area contributed by atoms with Crippen molar-refractivity contribution < 1.29 is 13.5 Å². The normalized spacial score (nSPS) is 10.8. The van der Waals surface area contributed by atoms with Crippen LogP contribution in [0.4, 0.5) is 8.78 Å². The molecule has 0 amide bonds. The summed E-state index contributed by atoms with van der Waals surface area (Å²) in [7, 11) is 0. The molecule has 0 aliphatic carbocycles. The third-order valence-electron chi connectivity index (χ3n) is 4.19. The Kier molecular flexibility index (Phi) is 6.80. The van der Waals surface area contributed by atoms with E-state index in [2.05, 4.69) is 5.32 Å². The first-order valence-electron chi connectivity index (χ1n) is 8.71. The zero-order valence-electron chi connectivity index (χ0n) is 14.7. The molecule has 0 aliphatic rings. The molecular weight excluding hydrogens is 368 g/mol. The lowest BCUT2D eigenvalue weighted by molar-refractivity contribution is 0.306. The average Bonchev–Trinajstić information content (AvgIpc) is 2.67. The second-order valence-corrected chi connectivity index (χ2v) is 6.59. The van der Waals surface area contributed by atoms with Crippen LogP contribution in [0.1, 0.15) is 16.7 Å². The molecule has 5 heteroatoms. The van der Waals surface area contributed by atoms with Gasteiger partial charge in [-0.3, -0.25) is 0 Å². The molecule has 2 nitrogen and oxygen atoms in total. The molecule has 0 fully saturated rings. The van der Waals surface area contributed by atoms with Gasteiger partial charge in [0, 0.05) is 12.1 Å². The fourth-order valence-electron chi connectivity index (χ4n) is 2.66. The molecule has 27 heavy (non-hydrogen) atoms. The largest absolute Gasteiger partial charge is 0.489 e. The van der Waals surface area contributed by atoms with Crippen molar-refractivity contribution in [2.45, 2.75) is 19.6 Å². The van der Waals surface area contributed by atoms with Gasteiger partial charge in [-0.25, -0.2) is 8.78 Å². The van der Waals surface area contributed by atoms with Crippen LogP contribution in [0, 0.1) is 11.6 Å². The highest BCUT2D eigenvalue weighted by Crippen LogP contribution is 2.20. The summed E-state index contributed by atoms with van der Waals surface area (Å²) in [6, 6.07) is 18.8. The van der Waals surface area contributed by atoms with Crippen LogP contribution in [0.2, 0.25) is 5.02 Å². The highest BCUT2D eigenvalue weighted by molar-refractivity contribution is 6.31. The van der Waals surface area contributed by atoms with Gasteiger partial charge in [0.15, 0.2) is 0 Å². The molecule has 140 valence electrons. The molecule has 0 radical (unpaired) electrons. The van der Waals surface area contributed by atoms with Gasteiger partial charge < -0.3 is 10.1 Å². The second-order valence-electron chi connectivity index (χ2n) is 6.19. The van der Waals surface area contributed by atoms with E-state index in [4.69, 9.17) is 16.3 Å².